The highest BCUT2D eigenvalue weighted by Crippen LogP contribution is 2.41. The Morgan fingerprint density at radius 3 is 2.58 bits per heavy atom. The number of aromatic hydroxyl groups is 1. The number of carboxylic acid groups (broad SMARTS) is 1. The lowest BCUT2D eigenvalue weighted by atomic mass is 10.0. The number of hydrogen-bond donors (Lipinski definition) is 6. The van der Waals surface area contributed by atoms with Crippen molar-refractivity contribution < 1.29 is 47.6 Å². The van der Waals surface area contributed by atoms with Gasteiger partial charge in [-0.05, 0) is 5.57 Å². The van der Waals surface area contributed by atoms with Crippen LogP contribution in [0.15, 0.2) is 63.1 Å². The predicted molar refractivity (Wildman–Crippen MR) is 169 cm³/mol. The van der Waals surface area contributed by atoms with Crippen LogP contribution in [0.25, 0.3) is 0 Å². The standard InChI is InChI=1S/C26H26N8O10S4/c27-26-29-14(11-47-26)18(30-21(37)15-7-16(35)17(36)8-33(15)42)22(38)31-19-23(39)34-20(25(40)41)12(10-46-24(19)34)9-45-13-1-3-32(4-2-13)5-6-48(28,43)44/h1-4,7-8,11,18-19,24,42H,5-6,9-10H2,(H7-,27,28,29,30,31,36,37,38,40,41,43,44)/t18?,19-,24-/m1/s1. The van der Waals surface area contributed by atoms with E-state index in [2.05, 4.69) is 15.6 Å². The van der Waals surface area contributed by atoms with Crippen molar-refractivity contribution in [1.82, 2.24) is 25.2 Å². The van der Waals surface area contributed by atoms with Crippen LogP contribution in [-0.2, 0) is 31.0 Å². The van der Waals surface area contributed by atoms with Gasteiger partial charge in [-0.3, -0.25) is 24.1 Å². The predicted octanol–water partition coefficient (Wildman–Crippen LogP) is -2.93. The summed E-state index contributed by atoms with van der Waals surface area (Å²) < 4.78 is 24.2. The fraction of sp³-hybridized carbons (Fsp3) is 0.269. The van der Waals surface area contributed by atoms with Crippen LogP contribution in [0, 0.1) is 0 Å². The summed E-state index contributed by atoms with van der Waals surface area (Å²) in [5, 5.41) is 42.2. The van der Waals surface area contributed by atoms with E-state index >= 15 is 0 Å². The quantitative estimate of drug-likeness (QED) is 0.0470. The molecule has 22 heteroatoms. The zero-order chi connectivity index (χ0) is 34.9. The molecule has 3 amide bonds. The molecule has 3 aromatic rings. The van der Waals surface area contributed by atoms with E-state index in [4.69, 9.17) is 10.9 Å². The summed E-state index contributed by atoms with van der Waals surface area (Å²) in [6.07, 6.45) is 3.91. The molecule has 0 radical (unpaired) electrons. The number of nitrogens with zero attached hydrogens (tertiary/aromatic N) is 4. The molecule has 1 saturated heterocycles. The zero-order valence-electron chi connectivity index (χ0n) is 24.3. The molecular weight excluding hydrogens is 713 g/mol. The van der Waals surface area contributed by atoms with Crippen molar-refractivity contribution in [3.63, 3.8) is 0 Å². The Hall–Kier alpha value is -4.64. The highest BCUT2D eigenvalue weighted by molar-refractivity contribution is 8.01. The number of nitrogen functional groups attached to an aromatic ring is 1. The van der Waals surface area contributed by atoms with Crippen molar-refractivity contribution in [2.45, 2.75) is 28.9 Å². The average molecular weight is 739 g/mol. The van der Waals surface area contributed by atoms with Crippen LogP contribution < -0.4 is 36.6 Å². The summed E-state index contributed by atoms with van der Waals surface area (Å²) in [6.45, 7) is 0.158. The number of fused-ring (bicyclic) bond motifs is 1. The number of primary sulfonamides is 1. The van der Waals surface area contributed by atoms with Gasteiger partial charge >= 0.3 is 0 Å². The van der Waals surface area contributed by atoms with Crippen LogP contribution in [-0.4, -0.2) is 85.7 Å². The molecule has 1 fully saturated rings. The van der Waals surface area contributed by atoms with E-state index in [9.17, 15) is 47.8 Å². The molecule has 8 N–H and O–H groups in total. The molecular formula is C26H26N8O10S4. The Bertz CT molecular complexity index is 2000. The molecule has 3 aromatic heterocycles. The van der Waals surface area contributed by atoms with Gasteiger partial charge in [0, 0.05) is 40.0 Å². The number of carbonyl (C=O) groups excluding carboxylic acids is 4. The Labute approximate surface area is 283 Å². The van der Waals surface area contributed by atoms with Crippen molar-refractivity contribution in [2.75, 3.05) is 23.0 Å². The first-order chi connectivity index (χ1) is 22.6. The maximum absolute atomic E-state index is 13.5. The number of carbonyl (C=O) groups is 4. The first-order valence-corrected chi connectivity index (χ1v) is 18.2. The first kappa shape index (κ1) is 34.7. The second kappa shape index (κ2) is 13.8. The smallest absolute Gasteiger partial charge is 0.272 e. The number of nitrogens with two attached hydrogens (primary N) is 2. The molecule has 5 heterocycles. The van der Waals surface area contributed by atoms with Gasteiger partial charge < -0.3 is 36.6 Å². The largest absolute Gasteiger partial charge is 0.543 e. The summed E-state index contributed by atoms with van der Waals surface area (Å²) in [7, 11) is -3.63. The van der Waals surface area contributed by atoms with E-state index in [1.165, 1.54) is 28.9 Å². The molecule has 0 bridgehead atoms. The fourth-order valence-corrected chi connectivity index (χ4v) is 8.13. The van der Waals surface area contributed by atoms with Gasteiger partial charge in [-0.2, -0.15) is 4.73 Å². The SMILES string of the molecule is Nc1nc(C(NC(=O)c2cc(=O)c(O)cn2O)C(=O)N[C@@H]2C(=O)N3C(C(=O)[O-])=C(CSc4cc[n+](CCS(N)(=O)=O)cc4)CS[C@H]23)cs1. The third-order valence-corrected chi connectivity index (χ3v) is 10.9. The number of β-lactam (4-membered cyclic amide) rings is 1. The van der Waals surface area contributed by atoms with Gasteiger partial charge in [0.1, 0.15) is 22.9 Å². The molecule has 2 aliphatic rings. The highest BCUT2D eigenvalue weighted by Gasteiger charge is 2.53. The monoisotopic (exact) mass is 738 g/mol. The van der Waals surface area contributed by atoms with Crippen molar-refractivity contribution >= 4 is 73.7 Å². The van der Waals surface area contributed by atoms with Gasteiger partial charge in [-0.25, -0.2) is 23.1 Å². The van der Waals surface area contributed by atoms with E-state index in [0.29, 0.717) is 17.8 Å². The Morgan fingerprint density at radius 1 is 1.25 bits per heavy atom. The molecule has 1 unspecified atom stereocenters. The number of aryl methyl sites for hydroxylation is 1. The lowest BCUT2D eigenvalue weighted by Crippen LogP contribution is -2.71. The van der Waals surface area contributed by atoms with Gasteiger partial charge in [0.05, 0.1) is 23.6 Å². The molecule has 0 saturated carbocycles. The van der Waals surface area contributed by atoms with Gasteiger partial charge in [-0.15, -0.1) is 34.9 Å². The van der Waals surface area contributed by atoms with Crippen LogP contribution in [0.3, 0.4) is 0 Å². The number of aliphatic carboxylic acids is 1. The number of sulfonamides is 1. The van der Waals surface area contributed by atoms with Crippen LogP contribution in [0.2, 0.25) is 0 Å². The summed E-state index contributed by atoms with van der Waals surface area (Å²) in [6, 6.07) is 1.35. The molecule has 0 spiro atoms. The van der Waals surface area contributed by atoms with E-state index < -0.39 is 68.0 Å². The number of amides is 3. The van der Waals surface area contributed by atoms with Gasteiger partial charge in [0.2, 0.25) is 21.4 Å². The van der Waals surface area contributed by atoms with Crippen molar-refractivity contribution in [2.24, 2.45) is 5.14 Å². The number of pyridine rings is 2. The van der Waals surface area contributed by atoms with Gasteiger partial charge in [0.15, 0.2) is 35.9 Å². The minimum absolute atomic E-state index is 0.0145. The third-order valence-electron chi connectivity index (χ3n) is 7.06. The van der Waals surface area contributed by atoms with E-state index in [1.54, 1.807) is 29.1 Å². The molecule has 5 rings (SSSR count). The Balaban J connectivity index is 1.28. The average Bonchev–Trinajstić information content (AvgIpc) is 3.47. The first-order valence-electron chi connectivity index (χ1n) is 13.6. The number of hydrogen-bond acceptors (Lipinski definition) is 15. The summed E-state index contributed by atoms with van der Waals surface area (Å²) >= 11 is 3.46. The fourth-order valence-electron chi connectivity index (χ4n) is 4.71. The summed E-state index contributed by atoms with van der Waals surface area (Å²) in [4.78, 5) is 69.5. The second-order valence-corrected chi connectivity index (χ2v) is 15.1. The van der Waals surface area contributed by atoms with E-state index in [0.717, 1.165) is 21.1 Å². The minimum atomic E-state index is -3.63. The van der Waals surface area contributed by atoms with Crippen molar-refractivity contribution in [3.8, 4) is 5.75 Å². The number of thiazole rings is 1. The molecule has 3 atom stereocenters. The highest BCUT2D eigenvalue weighted by atomic mass is 32.2. The minimum Gasteiger partial charge on any atom is -0.543 e. The second-order valence-electron chi connectivity index (χ2n) is 10.3. The van der Waals surface area contributed by atoms with Crippen molar-refractivity contribution in [1.29, 1.82) is 0 Å². The maximum Gasteiger partial charge on any atom is 0.272 e. The van der Waals surface area contributed by atoms with Crippen LogP contribution in [0.1, 0.15) is 22.2 Å². The van der Waals surface area contributed by atoms with Crippen LogP contribution in [0.5, 0.6) is 5.75 Å². The van der Waals surface area contributed by atoms with Crippen molar-refractivity contribution in [3.05, 3.63) is 75.1 Å². The molecule has 0 aromatic carbocycles. The number of carboxylic acids is 1. The number of anilines is 1. The number of thioether (sulfide) groups is 2. The lowest BCUT2D eigenvalue weighted by Gasteiger charge is -2.51. The van der Waals surface area contributed by atoms with Crippen LogP contribution in [0.4, 0.5) is 5.13 Å². The summed E-state index contributed by atoms with van der Waals surface area (Å²) in [5.74, 6) is -5.00. The number of rotatable bonds is 12. The van der Waals surface area contributed by atoms with E-state index in [1.807, 2.05) is 0 Å². The lowest BCUT2D eigenvalue weighted by molar-refractivity contribution is -0.692. The number of nitrogens with one attached hydrogen (secondary N) is 2. The van der Waals surface area contributed by atoms with E-state index in [-0.39, 0.29) is 45.1 Å². The third kappa shape index (κ3) is 7.57. The van der Waals surface area contributed by atoms with Gasteiger partial charge in [0.25, 0.3) is 11.8 Å². The molecule has 18 nitrogen and oxygen atoms in total. The Morgan fingerprint density at radius 2 is 1.96 bits per heavy atom. The molecule has 48 heavy (non-hydrogen) atoms. The normalized spacial score (nSPS) is 18.1. The maximum atomic E-state index is 13.5. The Kier molecular flexibility index (Phi) is 10.0. The van der Waals surface area contributed by atoms with Gasteiger partial charge in [-0.1, -0.05) is 0 Å². The topological polar surface area (TPSA) is 284 Å². The zero-order valence-corrected chi connectivity index (χ0v) is 27.6. The summed E-state index contributed by atoms with van der Waals surface area (Å²) in [5.41, 5.74) is 4.21. The molecule has 2 aliphatic heterocycles. The molecule has 254 valence electrons. The van der Waals surface area contributed by atoms with Crippen LogP contribution >= 0.6 is 34.9 Å². The number of aromatic nitrogens is 3. The molecule has 0 aliphatic carbocycles.